The summed E-state index contributed by atoms with van der Waals surface area (Å²) in [5.41, 5.74) is 0. The molecule has 0 aromatic carbocycles. The van der Waals surface area contributed by atoms with E-state index in [0.717, 1.165) is 6.42 Å². The number of amides is 1. The second-order valence-corrected chi connectivity index (χ2v) is 5.78. The molecular formula is C15H27NO3. The van der Waals surface area contributed by atoms with Crippen LogP contribution in [0.2, 0.25) is 0 Å². The van der Waals surface area contributed by atoms with Crippen molar-refractivity contribution in [2.75, 3.05) is 6.54 Å². The highest BCUT2D eigenvalue weighted by atomic mass is 16.4. The summed E-state index contributed by atoms with van der Waals surface area (Å²) in [7, 11) is 0. The molecule has 1 aliphatic carbocycles. The highest BCUT2D eigenvalue weighted by Gasteiger charge is 2.21. The monoisotopic (exact) mass is 269 g/mol. The normalized spacial score (nSPS) is 17.9. The maximum atomic E-state index is 11.8. The molecule has 0 spiro atoms. The van der Waals surface area contributed by atoms with Gasteiger partial charge < -0.3 is 10.4 Å². The largest absolute Gasteiger partial charge is 0.481 e. The Balaban J connectivity index is 2.07. The van der Waals surface area contributed by atoms with Gasteiger partial charge in [-0.15, -0.1) is 0 Å². The van der Waals surface area contributed by atoms with Gasteiger partial charge in [0.25, 0.3) is 0 Å². The molecule has 0 aromatic rings. The summed E-state index contributed by atoms with van der Waals surface area (Å²) in [6.45, 7) is 2.78. The van der Waals surface area contributed by atoms with Crippen LogP contribution in [-0.4, -0.2) is 23.5 Å². The lowest BCUT2D eigenvalue weighted by atomic mass is 9.79. The quantitative estimate of drug-likeness (QED) is 0.666. The van der Waals surface area contributed by atoms with Crippen LogP contribution in [0.3, 0.4) is 0 Å². The standard InChI is InChI=1S/C15H27NO3/c1-12(13-7-3-2-4-8-13)11-14(17)16-10-6-5-9-15(18)19/h12-13H,2-11H2,1H3,(H,16,17)(H,18,19). The molecular weight excluding hydrogens is 242 g/mol. The Kier molecular flexibility index (Phi) is 7.53. The lowest BCUT2D eigenvalue weighted by Gasteiger charge is -2.27. The van der Waals surface area contributed by atoms with Crippen molar-refractivity contribution in [3.63, 3.8) is 0 Å². The maximum absolute atomic E-state index is 11.8. The molecule has 0 aromatic heterocycles. The van der Waals surface area contributed by atoms with Gasteiger partial charge in [-0.25, -0.2) is 0 Å². The van der Waals surface area contributed by atoms with E-state index in [2.05, 4.69) is 12.2 Å². The third-order valence-corrected chi connectivity index (χ3v) is 4.10. The van der Waals surface area contributed by atoms with E-state index in [-0.39, 0.29) is 12.3 Å². The average Bonchev–Trinajstić information content (AvgIpc) is 2.39. The van der Waals surface area contributed by atoms with Crippen molar-refractivity contribution in [2.24, 2.45) is 11.8 Å². The van der Waals surface area contributed by atoms with Crippen LogP contribution in [0.4, 0.5) is 0 Å². The molecule has 4 nitrogen and oxygen atoms in total. The Bertz CT molecular complexity index is 285. The Morgan fingerprint density at radius 3 is 2.53 bits per heavy atom. The summed E-state index contributed by atoms with van der Waals surface area (Å²) in [6.07, 6.45) is 8.69. The highest BCUT2D eigenvalue weighted by Crippen LogP contribution is 2.31. The van der Waals surface area contributed by atoms with Crippen molar-refractivity contribution >= 4 is 11.9 Å². The van der Waals surface area contributed by atoms with Crippen molar-refractivity contribution in [3.8, 4) is 0 Å². The second-order valence-electron chi connectivity index (χ2n) is 5.78. The van der Waals surface area contributed by atoms with E-state index < -0.39 is 5.97 Å². The predicted octanol–water partition coefficient (Wildman–Crippen LogP) is 2.96. The average molecular weight is 269 g/mol. The van der Waals surface area contributed by atoms with Crippen molar-refractivity contribution in [1.29, 1.82) is 0 Å². The third-order valence-electron chi connectivity index (χ3n) is 4.10. The number of nitrogens with one attached hydrogen (secondary N) is 1. The maximum Gasteiger partial charge on any atom is 0.303 e. The van der Waals surface area contributed by atoms with E-state index in [9.17, 15) is 9.59 Å². The molecule has 110 valence electrons. The van der Waals surface area contributed by atoms with Gasteiger partial charge in [-0.05, 0) is 24.7 Å². The lowest BCUT2D eigenvalue weighted by Crippen LogP contribution is -2.28. The van der Waals surface area contributed by atoms with Gasteiger partial charge in [0.1, 0.15) is 0 Å². The molecule has 1 rings (SSSR count). The number of aliphatic carboxylic acids is 1. The van der Waals surface area contributed by atoms with E-state index in [4.69, 9.17) is 5.11 Å². The van der Waals surface area contributed by atoms with E-state index in [1.54, 1.807) is 0 Å². The van der Waals surface area contributed by atoms with Crippen molar-refractivity contribution in [2.45, 2.75) is 64.7 Å². The number of carboxylic acids is 1. The molecule has 1 fully saturated rings. The van der Waals surface area contributed by atoms with Gasteiger partial charge >= 0.3 is 5.97 Å². The summed E-state index contributed by atoms with van der Waals surface area (Å²) in [5, 5.41) is 11.4. The molecule has 0 radical (unpaired) electrons. The van der Waals surface area contributed by atoms with Gasteiger partial charge in [0.05, 0.1) is 0 Å². The van der Waals surface area contributed by atoms with Gasteiger partial charge in [-0.2, -0.15) is 0 Å². The second kappa shape index (κ2) is 8.94. The fourth-order valence-electron chi connectivity index (χ4n) is 2.86. The Labute approximate surface area is 116 Å². The summed E-state index contributed by atoms with van der Waals surface area (Å²) in [6, 6.07) is 0. The number of carbonyl (C=O) groups is 2. The number of carbonyl (C=O) groups excluding carboxylic acids is 1. The first-order valence-corrected chi connectivity index (χ1v) is 7.58. The molecule has 1 unspecified atom stereocenters. The van der Waals surface area contributed by atoms with Crippen LogP contribution in [0.1, 0.15) is 64.7 Å². The Morgan fingerprint density at radius 2 is 1.89 bits per heavy atom. The van der Waals surface area contributed by atoms with Gasteiger partial charge in [0.15, 0.2) is 0 Å². The Morgan fingerprint density at radius 1 is 1.21 bits per heavy atom. The van der Waals surface area contributed by atoms with E-state index in [1.807, 2.05) is 0 Å². The molecule has 1 saturated carbocycles. The summed E-state index contributed by atoms with van der Waals surface area (Å²) in [4.78, 5) is 22.1. The van der Waals surface area contributed by atoms with Crippen LogP contribution in [0.25, 0.3) is 0 Å². The highest BCUT2D eigenvalue weighted by molar-refractivity contribution is 5.76. The Hall–Kier alpha value is -1.06. The van der Waals surface area contributed by atoms with Crippen molar-refractivity contribution in [3.05, 3.63) is 0 Å². The summed E-state index contributed by atoms with van der Waals surface area (Å²) >= 11 is 0. The number of unbranched alkanes of at least 4 members (excludes halogenated alkanes) is 1. The fraction of sp³-hybridized carbons (Fsp3) is 0.867. The predicted molar refractivity (Wildman–Crippen MR) is 74.9 cm³/mol. The van der Waals surface area contributed by atoms with Crippen LogP contribution in [0.15, 0.2) is 0 Å². The number of rotatable bonds is 8. The molecule has 1 atom stereocenters. The first kappa shape index (κ1) is 16.0. The smallest absolute Gasteiger partial charge is 0.303 e. The van der Waals surface area contributed by atoms with E-state index in [0.29, 0.717) is 31.2 Å². The molecule has 0 bridgehead atoms. The topological polar surface area (TPSA) is 66.4 Å². The molecule has 1 amide bonds. The molecule has 0 aliphatic heterocycles. The zero-order valence-corrected chi connectivity index (χ0v) is 12.0. The molecule has 0 saturated heterocycles. The minimum Gasteiger partial charge on any atom is -0.481 e. The van der Waals surface area contributed by atoms with Crippen molar-refractivity contribution in [1.82, 2.24) is 5.32 Å². The summed E-state index contributed by atoms with van der Waals surface area (Å²) < 4.78 is 0. The SMILES string of the molecule is CC(CC(=O)NCCCCC(=O)O)C1CCCCC1. The number of hydrogen-bond donors (Lipinski definition) is 2. The van der Waals surface area contributed by atoms with Gasteiger partial charge in [0, 0.05) is 19.4 Å². The minimum atomic E-state index is -0.766. The van der Waals surface area contributed by atoms with Crippen LogP contribution in [-0.2, 0) is 9.59 Å². The molecule has 1 aliphatic rings. The van der Waals surface area contributed by atoms with Crippen LogP contribution in [0, 0.1) is 11.8 Å². The summed E-state index contributed by atoms with van der Waals surface area (Å²) in [5.74, 6) is 0.538. The van der Waals surface area contributed by atoms with Crippen LogP contribution < -0.4 is 5.32 Å². The third kappa shape index (κ3) is 7.19. The van der Waals surface area contributed by atoms with Crippen LogP contribution in [0.5, 0.6) is 0 Å². The van der Waals surface area contributed by atoms with Gasteiger partial charge in [0.2, 0.25) is 5.91 Å². The lowest BCUT2D eigenvalue weighted by molar-refractivity contribution is -0.137. The zero-order valence-electron chi connectivity index (χ0n) is 12.0. The van der Waals surface area contributed by atoms with Crippen LogP contribution >= 0.6 is 0 Å². The molecule has 19 heavy (non-hydrogen) atoms. The number of hydrogen-bond acceptors (Lipinski definition) is 2. The minimum absolute atomic E-state index is 0.119. The van der Waals surface area contributed by atoms with E-state index in [1.165, 1.54) is 32.1 Å². The molecule has 4 heteroatoms. The number of carboxylic acid groups (broad SMARTS) is 1. The fourth-order valence-corrected chi connectivity index (χ4v) is 2.86. The first-order valence-electron chi connectivity index (χ1n) is 7.58. The zero-order chi connectivity index (χ0) is 14.1. The van der Waals surface area contributed by atoms with Gasteiger partial charge in [-0.3, -0.25) is 9.59 Å². The first-order chi connectivity index (χ1) is 9.09. The molecule has 2 N–H and O–H groups in total. The van der Waals surface area contributed by atoms with E-state index >= 15 is 0 Å². The van der Waals surface area contributed by atoms with Gasteiger partial charge in [-0.1, -0.05) is 39.0 Å². The van der Waals surface area contributed by atoms with Crippen molar-refractivity contribution < 1.29 is 14.7 Å². The molecule has 0 heterocycles.